The lowest BCUT2D eigenvalue weighted by Crippen LogP contribution is -2.42. The van der Waals surface area contributed by atoms with Gasteiger partial charge < -0.3 is 20.1 Å². The van der Waals surface area contributed by atoms with Gasteiger partial charge in [0.25, 0.3) is 0 Å². The van der Waals surface area contributed by atoms with Crippen molar-refractivity contribution in [3.05, 3.63) is 29.8 Å². The minimum absolute atomic E-state index is 0. The number of hydrogen-bond acceptors (Lipinski definition) is 4. The van der Waals surface area contributed by atoms with Gasteiger partial charge in [-0.2, -0.15) is 0 Å². The first-order valence-electron chi connectivity index (χ1n) is 9.74. The third kappa shape index (κ3) is 9.12. The summed E-state index contributed by atoms with van der Waals surface area (Å²) < 4.78 is 10.9. The molecule has 1 aliphatic rings. The smallest absolute Gasteiger partial charge is 0.191 e. The fraction of sp³-hybridized carbons (Fsp3) is 0.650. The molecule has 6 nitrogen and oxygen atoms in total. The van der Waals surface area contributed by atoms with Gasteiger partial charge in [0.2, 0.25) is 0 Å². The van der Waals surface area contributed by atoms with Crippen molar-refractivity contribution in [2.24, 2.45) is 4.99 Å². The molecule has 0 heterocycles. The monoisotopic (exact) mass is 490 g/mol. The third-order valence-electron chi connectivity index (χ3n) is 4.36. The number of nitrogens with zero attached hydrogens (tertiary/aromatic N) is 2. The molecule has 154 valence electrons. The molecule has 0 aromatic heterocycles. The second-order valence-electron chi connectivity index (χ2n) is 6.42. The van der Waals surface area contributed by atoms with E-state index in [1.54, 1.807) is 7.11 Å². The van der Waals surface area contributed by atoms with E-state index in [0.29, 0.717) is 13.2 Å². The molecule has 0 bridgehead atoms. The van der Waals surface area contributed by atoms with Gasteiger partial charge in [-0.05, 0) is 32.8 Å². The number of para-hydroxylation sites is 1. The zero-order chi connectivity index (χ0) is 18.6. The van der Waals surface area contributed by atoms with Crippen molar-refractivity contribution in [3.63, 3.8) is 0 Å². The van der Waals surface area contributed by atoms with Gasteiger partial charge in [0.05, 0.1) is 19.8 Å². The van der Waals surface area contributed by atoms with Gasteiger partial charge in [-0.15, -0.1) is 24.0 Å². The van der Waals surface area contributed by atoms with Crippen LogP contribution in [0.2, 0.25) is 0 Å². The highest BCUT2D eigenvalue weighted by Crippen LogP contribution is 2.26. The summed E-state index contributed by atoms with van der Waals surface area (Å²) in [4.78, 5) is 7.22. The Morgan fingerprint density at radius 1 is 1.19 bits per heavy atom. The first-order chi connectivity index (χ1) is 12.8. The maximum absolute atomic E-state index is 5.68. The fourth-order valence-electron chi connectivity index (χ4n) is 2.88. The highest BCUT2D eigenvalue weighted by atomic mass is 127. The summed E-state index contributed by atoms with van der Waals surface area (Å²) >= 11 is 0. The lowest BCUT2D eigenvalue weighted by atomic mass is 10.2. The van der Waals surface area contributed by atoms with Crippen molar-refractivity contribution in [1.82, 2.24) is 15.5 Å². The van der Waals surface area contributed by atoms with Crippen LogP contribution in [0, 0.1) is 0 Å². The van der Waals surface area contributed by atoms with Gasteiger partial charge in [0.1, 0.15) is 5.75 Å². The summed E-state index contributed by atoms with van der Waals surface area (Å²) in [5.41, 5.74) is 1.10. The van der Waals surface area contributed by atoms with Crippen molar-refractivity contribution in [3.8, 4) is 5.75 Å². The third-order valence-corrected chi connectivity index (χ3v) is 4.36. The van der Waals surface area contributed by atoms with Gasteiger partial charge in [-0.3, -0.25) is 4.90 Å². The van der Waals surface area contributed by atoms with Crippen LogP contribution in [0.1, 0.15) is 32.3 Å². The molecule has 1 fully saturated rings. The normalized spacial score (nSPS) is 14.0. The Morgan fingerprint density at radius 3 is 2.63 bits per heavy atom. The van der Waals surface area contributed by atoms with Crippen LogP contribution in [-0.4, -0.2) is 63.4 Å². The number of halogens is 1. The summed E-state index contributed by atoms with van der Waals surface area (Å²) in [6.07, 6.45) is 2.62. The minimum atomic E-state index is 0. The number of benzene rings is 1. The summed E-state index contributed by atoms with van der Waals surface area (Å²) in [7, 11) is 1.76. The number of ether oxygens (including phenoxy) is 2. The summed E-state index contributed by atoms with van der Waals surface area (Å²) in [6, 6.07) is 8.82. The quantitative estimate of drug-likeness (QED) is 0.268. The van der Waals surface area contributed by atoms with Crippen molar-refractivity contribution in [2.75, 3.05) is 46.5 Å². The molecule has 1 saturated carbocycles. The molecule has 27 heavy (non-hydrogen) atoms. The Morgan fingerprint density at radius 2 is 1.96 bits per heavy atom. The first kappa shape index (κ1) is 24.0. The van der Waals surface area contributed by atoms with Gasteiger partial charge >= 0.3 is 0 Å². The van der Waals surface area contributed by atoms with Crippen LogP contribution in [0.4, 0.5) is 0 Å². The van der Waals surface area contributed by atoms with Gasteiger partial charge in [-0.1, -0.05) is 18.2 Å². The maximum atomic E-state index is 5.68. The van der Waals surface area contributed by atoms with Crippen molar-refractivity contribution in [1.29, 1.82) is 0 Å². The van der Waals surface area contributed by atoms with E-state index in [0.717, 1.165) is 56.1 Å². The molecule has 0 aliphatic heterocycles. The average Bonchev–Trinajstić information content (AvgIpc) is 3.49. The van der Waals surface area contributed by atoms with Crippen molar-refractivity contribution in [2.45, 2.75) is 39.3 Å². The van der Waals surface area contributed by atoms with Crippen LogP contribution in [0.15, 0.2) is 29.3 Å². The number of methoxy groups -OCH3 is 1. The molecule has 1 aliphatic carbocycles. The van der Waals surface area contributed by atoms with E-state index in [9.17, 15) is 0 Å². The Kier molecular flexibility index (Phi) is 12.4. The van der Waals surface area contributed by atoms with Crippen molar-refractivity contribution < 1.29 is 9.47 Å². The molecule has 0 amide bonds. The van der Waals surface area contributed by atoms with Crippen LogP contribution < -0.4 is 15.4 Å². The van der Waals surface area contributed by atoms with E-state index in [4.69, 9.17) is 14.5 Å². The van der Waals surface area contributed by atoms with Crippen LogP contribution in [0.25, 0.3) is 0 Å². The summed E-state index contributed by atoms with van der Waals surface area (Å²) in [5, 5.41) is 6.77. The molecule has 0 unspecified atom stereocenters. The molecule has 7 heteroatoms. The molecule has 1 aromatic carbocycles. The Hall–Kier alpha value is -1.06. The lowest BCUT2D eigenvalue weighted by molar-refractivity contribution is 0.144. The molecule has 2 rings (SSSR count). The van der Waals surface area contributed by atoms with E-state index in [1.165, 1.54) is 12.8 Å². The average molecular weight is 490 g/mol. The summed E-state index contributed by atoms with van der Waals surface area (Å²) in [5.74, 6) is 1.76. The molecule has 0 saturated heterocycles. The summed E-state index contributed by atoms with van der Waals surface area (Å²) in [6.45, 7) is 9.86. The van der Waals surface area contributed by atoms with Gasteiger partial charge in [-0.25, -0.2) is 4.99 Å². The Labute approximate surface area is 181 Å². The SMILES string of the molecule is CCNC(=NCc1ccccc1OCC)NCCN(CCOC)C1CC1.I. The second kappa shape index (κ2) is 14.0. The van der Waals surface area contributed by atoms with Crippen LogP contribution in [-0.2, 0) is 11.3 Å². The molecule has 0 radical (unpaired) electrons. The topological polar surface area (TPSA) is 58.1 Å². The van der Waals surface area contributed by atoms with E-state index >= 15 is 0 Å². The lowest BCUT2D eigenvalue weighted by Gasteiger charge is -2.22. The molecule has 1 aromatic rings. The highest BCUT2D eigenvalue weighted by Gasteiger charge is 2.28. The molecule has 2 N–H and O–H groups in total. The van der Waals surface area contributed by atoms with E-state index in [1.807, 2.05) is 25.1 Å². The number of nitrogens with one attached hydrogen (secondary N) is 2. The standard InChI is InChI=1S/C20H34N4O2.HI/c1-4-21-20(22-12-13-24(14-15-25-3)18-10-11-18)23-16-17-8-6-7-9-19(17)26-5-2;/h6-9,18H,4-5,10-16H2,1-3H3,(H2,21,22,23);1H. The predicted molar refractivity (Wildman–Crippen MR) is 122 cm³/mol. The Balaban J connectivity index is 0.00000364. The zero-order valence-electron chi connectivity index (χ0n) is 16.9. The van der Waals surface area contributed by atoms with Crippen LogP contribution in [0.5, 0.6) is 5.75 Å². The molecule has 0 atom stereocenters. The van der Waals surface area contributed by atoms with Gasteiger partial charge in [0, 0.05) is 44.9 Å². The van der Waals surface area contributed by atoms with Gasteiger partial charge in [0.15, 0.2) is 5.96 Å². The highest BCUT2D eigenvalue weighted by molar-refractivity contribution is 14.0. The number of hydrogen-bond donors (Lipinski definition) is 2. The van der Waals surface area contributed by atoms with Crippen molar-refractivity contribution >= 4 is 29.9 Å². The second-order valence-corrected chi connectivity index (χ2v) is 6.42. The van der Waals surface area contributed by atoms with E-state index in [-0.39, 0.29) is 24.0 Å². The Bertz CT molecular complexity index is 553. The number of guanidine groups is 1. The largest absolute Gasteiger partial charge is 0.494 e. The number of aliphatic imine (C=N–C) groups is 1. The van der Waals surface area contributed by atoms with E-state index in [2.05, 4.69) is 28.5 Å². The predicted octanol–water partition coefficient (Wildman–Crippen LogP) is 2.87. The molecule has 0 spiro atoms. The van der Waals surface area contributed by atoms with Crippen LogP contribution in [0.3, 0.4) is 0 Å². The minimum Gasteiger partial charge on any atom is -0.494 e. The first-order valence-corrected chi connectivity index (χ1v) is 9.74. The van der Waals surface area contributed by atoms with Crippen LogP contribution >= 0.6 is 24.0 Å². The molecular formula is C20H35IN4O2. The maximum Gasteiger partial charge on any atom is 0.191 e. The van der Waals surface area contributed by atoms with E-state index < -0.39 is 0 Å². The fourth-order valence-corrected chi connectivity index (χ4v) is 2.88. The number of rotatable bonds is 12. The zero-order valence-corrected chi connectivity index (χ0v) is 19.2. The molecular weight excluding hydrogens is 455 g/mol.